The number of methoxy groups -OCH3 is 1. The monoisotopic (exact) mass is 231 g/mol. The number of nitrogens with one attached hydrogen (secondary N) is 2. The van der Waals surface area contributed by atoms with Crippen molar-refractivity contribution >= 4 is 11.8 Å². The fourth-order valence-electron chi connectivity index (χ4n) is 1.02. The maximum atomic E-state index is 11.2. The van der Waals surface area contributed by atoms with Crippen molar-refractivity contribution in [2.24, 2.45) is 0 Å². The molecule has 94 valence electrons. The highest BCUT2D eigenvalue weighted by atomic mass is 16.5. The molecule has 0 atom stereocenters. The van der Waals surface area contributed by atoms with Crippen LogP contribution >= 0.6 is 0 Å². The molecule has 0 heterocycles. The van der Waals surface area contributed by atoms with Crippen LogP contribution in [0.25, 0.3) is 0 Å². The Kier molecular flexibility index (Phi) is 8.46. The van der Waals surface area contributed by atoms with Crippen LogP contribution in [0.4, 0.5) is 0 Å². The molecular weight excluding hydrogens is 210 g/mol. The molecule has 0 aromatic rings. The average Bonchev–Trinajstić information content (AvgIpc) is 2.24. The summed E-state index contributed by atoms with van der Waals surface area (Å²) in [6, 6.07) is 0. The number of hydrogen-bond donors (Lipinski definition) is 2. The Morgan fingerprint density at radius 2 is 1.69 bits per heavy atom. The molecule has 6 nitrogen and oxygen atoms in total. The van der Waals surface area contributed by atoms with Gasteiger partial charge in [-0.3, -0.25) is 9.59 Å². The molecule has 0 saturated carbocycles. The lowest BCUT2D eigenvalue weighted by Crippen LogP contribution is -2.41. The molecule has 16 heavy (non-hydrogen) atoms. The highest BCUT2D eigenvalue weighted by Gasteiger charge is 2.11. The Balaban J connectivity index is 3.52. The van der Waals surface area contributed by atoms with Crippen molar-refractivity contribution in [2.75, 3.05) is 47.4 Å². The van der Waals surface area contributed by atoms with E-state index in [1.165, 1.54) is 7.11 Å². The molecule has 0 aliphatic rings. The smallest absolute Gasteiger partial charge is 0.309 e. The first-order valence-electron chi connectivity index (χ1n) is 5.27. The van der Waals surface area contributed by atoms with Crippen LogP contribution in [0.1, 0.15) is 6.42 Å². The van der Waals surface area contributed by atoms with E-state index in [4.69, 9.17) is 4.74 Å². The second-order valence-corrected chi connectivity index (χ2v) is 3.66. The van der Waals surface area contributed by atoms with Gasteiger partial charge >= 0.3 is 11.8 Å². The predicted molar refractivity (Wildman–Crippen MR) is 61.1 cm³/mol. The molecule has 2 N–H and O–H groups in total. The Hall–Kier alpha value is -1.14. The van der Waals surface area contributed by atoms with E-state index >= 15 is 0 Å². The number of ether oxygens (including phenoxy) is 1. The average molecular weight is 231 g/mol. The first-order valence-corrected chi connectivity index (χ1v) is 5.27. The summed E-state index contributed by atoms with van der Waals surface area (Å²) in [4.78, 5) is 24.4. The van der Waals surface area contributed by atoms with Crippen molar-refractivity contribution in [3.63, 3.8) is 0 Å². The van der Waals surface area contributed by atoms with Crippen LogP contribution in [0.5, 0.6) is 0 Å². The van der Waals surface area contributed by atoms with Gasteiger partial charge in [0.1, 0.15) is 0 Å². The van der Waals surface area contributed by atoms with Gasteiger partial charge in [-0.15, -0.1) is 0 Å². The van der Waals surface area contributed by atoms with Crippen molar-refractivity contribution in [3.05, 3.63) is 0 Å². The highest BCUT2D eigenvalue weighted by molar-refractivity contribution is 6.35. The zero-order valence-corrected chi connectivity index (χ0v) is 10.2. The fraction of sp³-hybridized carbons (Fsp3) is 0.800. The summed E-state index contributed by atoms with van der Waals surface area (Å²) in [6.45, 7) is 2.14. The van der Waals surface area contributed by atoms with Crippen LogP contribution in [0, 0.1) is 0 Å². The maximum absolute atomic E-state index is 11.2. The van der Waals surface area contributed by atoms with Crippen molar-refractivity contribution in [1.29, 1.82) is 0 Å². The summed E-state index contributed by atoms with van der Waals surface area (Å²) in [6.07, 6.45) is 0.824. The maximum Gasteiger partial charge on any atom is 0.309 e. The van der Waals surface area contributed by atoms with Crippen molar-refractivity contribution in [3.8, 4) is 0 Å². The molecule has 6 heteroatoms. The molecule has 0 radical (unpaired) electrons. The number of hydrogen-bond acceptors (Lipinski definition) is 4. The minimum atomic E-state index is -0.609. The standard InChI is InChI=1S/C10H21N3O3/c1-13(2)7-4-5-11-9(14)10(15)12-6-8-16-3/h4-8H2,1-3H3,(H,11,14)(H,12,15). The van der Waals surface area contributed by atoms with Crippen LogP contribution in [-0.2, 0) is 14.3 Å². The molecule has 0 bridgehead atoms. The van der Waals surface area contributed by atoms with E-state index in [-0.39, 0.29) is 0 Å². The largest absolute Gasteiger partial charge is 0.383 e. The zero-order valence-electron chi connectivity index (χ0n) is 10.2. The molecule has 0 aromatic carbocycles. The minimum Gasteiger partial charge on any atom is -0.383 e. The number of carbonyl (C=O) groups excluding carboxylic acids is 2. The normalized spacial score (nSPS) is 10.2. The predicted octanol–water partition coefficient (Wildman–Crippen LogP) is -1.18. The lowest BCUT2D eigenvalue weighted by molar-refractivity contribution is -0.139. The van der Waals surface area contributed by atoms with Crippen LogP contribution in [0.3, 0.4) is 0 Å². The van der Waals surface area contributed by atoms with Crippen molar-refractivity contribution in [2.45, 2.75) is 6.42 Å². The molecule has 0 aliphatic heterocycles. The van der Waals surface area contributed by atoms with E-state index in [0.29, 0.717) is 19.7 Å². The van der Waals surface area contributed by atoms with E-state index in [9.17, 15) is 9.59 Å². The number of nitrogens with zero attached hydrogens (tertiary/aromatic N) is 1. The van der Waals surface area contributed by atoms with Crippen LogP contribution in [0.2, 0.25) is 0 Å². The van der Waals surface area contributed by atoms with E-state index in [2.05, 4.69) is 10.6 Å². The van der Waals surface area contributed by atoms with Gasteiger partial charge in [0.05, 0.1) is 6.61 Å². The molecule has 0 fully saturated rings. The van der Waals surface area contributed by atoms with E-state index in [0.717, 1.165) is 13.0 Å². The Morgan fingerprint density at radius 3 is 2.19 bits per heavy atom. The Labute approximate surface area is 96.3 Å². The quantitative estimate of drug-likeness (QED) is 0.427. The topological polar surface area (TPSA) is 70.7 Å². The molecule has 0 saturated heterocycles. The molecular formula is C10H21N3O3. The van der Waals surface area contributed by atoms with Gasteiger partial charge in [-0.25, -0.2) is 0 Å². The molecule has 0 rings (SSSR count). The van der Waals surface area contributed by atoms with Gasteiger partial charge < -0.3 is 20.3 Å². The lowest BCUT2D eigenvalue weighted by atomic mass is 10.4. The number of carbonyl (C=O) groups is 2. The molecule has 2 amide bonds. The summed E-state index contributed by atoms with van der Waals surface area (Å²) in [5.74, 6) is -1.20. The van der Waals surface area contributed by atoms with Gasteiger partial charge in [-0.2, -0.15) is 0 Å². The highest BCUT2D eigenvalue weighted by Crippen LogP contribution is 1.81. The Bertz CT molecular complexity index is 219. The first kappa shape index (κ1) is 14.9. The number of amides is 2. The minimum absolute atomic E-state index is 0.348. The van der Waals surface area contributed by atoms with Gasteiger partial charge in [0.15, 0.2) is 0 Å². The van der Waals surface area contributed by atoms with Crippen LogP contribution < -0.4 is 10.6 Å². The third kappa shape index (κ3) is 8.19. The second kappa shape index (κ2) is 9.11. The molecule has 0 spiro atoms. The SMILES string of the molecule is COCCNC(=O)C(=O)NCCCN(C)C. The molecule has 0 unspecified atom stereocenters. The van der Waals surface area contributed by atoms with Gasteiger partial charge in [-0.1, -0.05) is 0 Å². The van der Waals surface area contributed by atoms with Crippen molar-refractivity contribution in [1.82, 2.24) is 15.5 Å². The lowest BCUT2D eigenvalue weighted by Gasteiger charge is -2.09. The molecule has 0 aliphatic carbocycles. The summed E-state index contributed by atoms with van der Waals surface area (Å²) >= 11 is 0. The van der Waals surface area contributed by atoms with Gasteiger partial charge in [0, 0.05) is 20.2 Å². The van der Waals surface area contributed by atoms with Crippen LogP contribution in [0.15, 0.2) is 0 Å². The second-order valence-electron chi connectivity index (χ2n) is 3.66. The summed E-state index contributed by atoms with van der Waals surface area (Å²) in [7, 11) is 5.45. The summed E-state index contributed by atoms with van der Waals surface area (Å²) in [5.41, 5.74) is 0. The van der Waals surface area contributed by atoms with E-state index in [1.54, 1.807) is 0 Å². The summed E-state index contributed by atoms with van der Waals surface area (Å²) in [5, 5.41) is 4.99. The number of rotatable bonds is 7. The van der Waals surface area contributed by atoms with Gasteiger partial charge in [0.25, 0.3) is 0 Å². The summed E-state index contributed by atoms with van der Waals surface area (Å²) < 4.78 is 4.74. The first-order chi connectivity index (χ1) is 7.57. The van der Waals surface area contributed by atoms with E-state index < -0.39 is 11.8 Å². The van der Waals surface area contributed by atoms with Crippen LogP contribution in [-0.4, -0.2) is 64.2 Å². The zero-order chi connectivity index (χ0) is 12.4. The fourth-order valence-corrected chi connectivity index (χ4v) is 1.02. The van der Waals surface area contributed by atoms with Gasteiger partial charge in [0.2, 0.25) is 0 Å². The molecule has 0 aromatic heterocycles. The van der Waals surface area contributed by atoms with Gasteiger partial charge in [-0.05, 0) is 27.1 Å². The van der Waals surface area contributed by atoms with Crippen molar-refractivity contribution < 1.29 is 14.3 Å². The Morgan fingerprint density at radius 1 is 1.12 bits per heavy atom. The third-order valence-electron chi connectivity index (χ3n) is 1.87. The van der Waals surface area contributed by atoms with E-state index in [1.807, 2.05) is 19.0 Å². The third-order valence-corrected chi connectivity index (χ3v) is 1.87.